The van der Waals surface area contributed by atoms with Crippen LogP contribution in [0.25, 0.3) is 0 Å². The quantitative estimate of drug-likeness (QED) is 0.885. The van der Waals surface area contributed by atoms with E-state index in [-0.39, 0.29) is 0 Å². The molecule has 100 valence electrons. The predicted molar refractivity (Wildman–Crippen MR) is 78.4 cm³/mol. The first-order valence-electron chi connectivity index (χ1n) is 6.79. The highest BCUT2D eigenvalue weighted by Crippen LogP contribution is 2.20. The SMILES string of the molecule is C[C@H](CCN[C@H]1CCc2ccccc2C1)[S@](C)=O. The second kappa shape index (κ2) is 6.48. The van der Waals surface area contributed by atoms with Gasteiger partial charge in [0.2, 0.25) is 0 Å². The maximum absolute atomic E-state index is 11.3. The lowest BCUT2D eigenvalue weighted by Gasteiger charge is -2.26. The molecule has 18 heavy (non-hydrogen) atoms. The molecular weight excluding hydrogens is 242 g/mol. The summed E-state index contributed by atoms with van der Waals surface area (Å²) in [6.07, 6.45) is 6.34. The Morgan fingerprint density at radius 1 is 1.39 bits per heavy atom. The summed E-state index contributed by atoms with van der Waals surface area (Å²) in [5.74, 6) is 0. The Morgan fingerprint density at radius 2 is 2.11 bits per heavy atom. The van der Waals surface area contributed by atoms with Gasteiger partial charge in [-0.2, -0.15) is 0 Å². The Bertz CT molecular complexity index is 419. The Hall–Kier alpha value is -0.670. The molecule has 0 radical (unpaired) electrons. The van der Waals surface area contributed by atoms with Crippen molar-refractivity contribution in [2.45, 2.75) is 43.9 Å². The van der Waals surface area contributed by atoms with Crippen LogP contribution < -0.4 is 5.32 Å². The fraction of sp³-hybridized carbons (Fsp3) is 0.600. The molecule has 1 aliphatic rings. The molecule has 3 atom stereocenters. The lowest BCUT2D eigenvalue weighted by Crippen LogP contribution is -2.36. The molecule has 0 fully saturated rings. The van der Waals surface area contributed by atoms with Crippen molar-refractivity contribution in [3.8, 4) is 0 Å². The molecule has 1 aliphatic carbocycles. The molecule has 0 saturated heterocycles. The van der Waals surface area contributed by atoms with Crippen LogP contribution in [-0.2, 0) is 23.6 Å². The van der Waals surface area contributed by atoms with Crippen LogP contribution in [0.3, 0.4) is 0 Å². The molecule has 0 unspecified atom stereocenters. The number of hydrogen-bond donors (Lipinski definition) is 1. The number of aryl methyl sites for hydroxylation is 1. The first-order valence-corrected chi connectivity index (χ1v) is 8.41. The van der Waals surface area contributed by atoms with Crippen molar-refractivity contribution in [2.24, 2.45) is 0 Å². The maximum Gasteiger partial charge on any atom is 0.0329 e. The van der Waals surface area contributed by atoms with Gasteiger partial charge in [-0.05, 0) is 43.4 Å². The molecule has 0 bridgehead atoms. The standard InChI is InChI=1S/C15H23NOS/c1-12(18(2)17)9-10-16-15-8-7-13-5-3-4-6-14(13)11-15/h3-6,12,15-16H,7-11H2,1-2H3/t12-,15+,18+/m1/s1. The molecule has 2 nitrogen and oxygen atoms in total. The van der Waals surface area contributed by atoms with Crippen molar-refractivity contribution in [2.75, 3.05) is 12.8 Å². The van der Waals surface area contributed by atoms with Crippen LogP contribution in [0.1, 0.15) is 30.9 Å². The third-order valence-corrected chi connectivity index (χ3v) is 5.27. The Morgan fingerprint density at radius 3 is 2.83 bits per heavy atom. The van der Waals surface area contributed by atoms with Crippen molar-refractivity contribution in [3.63, 3.8) is 0 Å². The smallest absolute Gasteiger partial charge is 0.0329 e. The summed E-state index contributed by atoms with van der Waals surface area (Å²) < 4.78 is 11.3. The van der Waals surface area contributed by atoms with Gasteiger partial charge in [0.05, 0.1) is 0 Å². The molecule has 2 rings (SSSR count). The van der Waals surface area contributed by atoms with Crippen molar-refractivity contribution in [1.29, 1.82) is 0 Å². The minimum Gasteiger partial charge on any atom is -0.314 e. The Kier molecular flexibility index (Phi) is 4.95. The summed E-state index contributed by atoms with van der Waals surface area (Å²) in [6.45, 7) is 3.04. The molecule has 3 heteroatoms. The predicted octanol–water partition coefficient (Wildman–Crippen LogP) is 2.29. The van der Waals surface area contributed by atoms with Crippen molar-refractivity contribution < 1.29 is 4.21 Å². The highest BCUT2D eigenvalue weighted by Gasteiger charge is 2.17. The van der Waals surface area contributed by atoms with Crippen LogP contribution in [0.15, 0.2) is 24.3 Å². The van der Waals surface area contributed by atoms with Crippen LogP contribution in [-0.4, -0.2) is 28.3 Å². The number of fused-ring (bicyclic) bond motifs is 1. The van der Waals surface area contributed by atoms with Crippen LogP contribution in [0.5, 0.6) is 0 Å². The van der Waals surface area contributed by atoms with Crippen LogP contribution in [0.4, 0.5) is 0 Å². The minimum atomic E-state index is -0.693. The van der Waals surface area contributed by atoms with Gasteiger partial charge in [0.25, 0.3) is 0 Å². The molecular formula is C15H23NOS. The highest BCUT2D eigenvalue weighted by atomic mass is 32.2. The van der Waals surface area contributed by atoms with Crippen LogP contribution in [0, 0.1) is 0 Å². The first kappa shape index (κ1) is 13.8. The zero-order valence-corrected chi connectivity index (χ0v) is 12.1. The zero-order valence-electron chi connectivity index (χ0n) is 11.3. The van der Waals surface area contributed by atoms with Gasteiger partial charge in [0.1, 0.15) is 0 Å². The monoisotopic (exact) mass is 265 g/mol. The minimum absolute atomic E-state index is 0.299. The molecule has 0 heterocycles. The topological polar surface area (TPSA) is 29.1 Å². The molecule has 1 aromatic rings. The largest absolute Gasteiger partial charge is 0.314 e. The van der Waals surface area contributed by atoms with Crippen LogP contribution >= 0.6 is 0 Å². The van der Waals surface area contributed by atoms with Gasteiger partial charge in [-0.15, -0.1) is 0 Å². The highest BCUT2D eigenvalue weighted by molar-refractivity contribution is 7.84. The first-order chi connectivity index (χ1) is 8.66. The van der Waals surface area contributed by atoms with Gasteiger partial charge < -0.3 is 5.32 Å². The van der Waals surface area contributed by atoms with E-state index >= 15 is 0 Å². The van der Waals surface area contributed by atoms with Crippen molar-refractivity contribution in [1.82, 2.24) is 5.32 Å². The Balaban J connectivity index is 1.78. The van der Waals surface area contributed by atoms with E-state index in [0.29, 0.717) is 11.3 Å². The summed E-state index contributed by atoms with van der Waals surface area (Å²) in [6, 6.07) is 9.34. The van der Waals surface area contributed by atoms with E-state index < -0.39 is 10.8 Å². The van der Waals surface area contributed by atoms with Crippen molar-refractivity contribution in [3.05, 3.63) is 35.4 Å². The normalized spacial score (nSPS) is 22.2. The van der Waals surface area contributed by atoms with Gasteiger partial charge >= 0.3 is 0 Å². The number of benzene rings is 1. The second-order valence-corrected chi connectivity index (χ2v) is 7.06. The fourth-order valence-corrected chi connectivity index (χ4v) is 2.98. The van der Waals surface area contributed by atoms with E-state index in [4.69, 9.17) is 0 Å². The van der Waals surface area contributed by atoms with E-state index in [1.807, 2.05) is 0 Å². The average molecular weight is 265 g/mol. The molecule has 0 spiro atoms. The molecule has 1 aromatic carbocycles. The summed E-state index contributed by atoms with van der Waals surface area (Å²) in [5, 5.41) is 3.91. The lowest BCUT2D eigenvalue weighted by atomic mass is 9.88. The molecule has 0 aromatic heterocycles. The van der Waals surface area contributed by atoms with Crippen molar-refractivity contribution >= 4 is 10.8 Å². The molecule has 0 saturated carbocycles. The zero-order chi connectivity index (χ0) is 13.0. The van der Waals surface area contributed by atoms with E-state index in [0.717, 1.165) is 19.4 Å². The Labute approximate surface area is 113 Å². The number of hydrogen-bond acceptors (Lipinski definition) is 2. The van der Waals surface area contributed by atoms with Crippen LogP contribution in [0.2, 0.25) is 0 Å². The molecule has 0 amide bonds. The third kappa shape index (κ3) is 3.66. The third-order valence-electron chi connectivity index (χ3n) is 3.90. The van der Waals surface area contributed by atoms with Gasteiger partial charge in [0, 0.05) is 28.3 Å². The summed E-state index contributed by atoms with van der Waals surface area (Å²) in [4.78, 5) is 0. The van der Waals surface area contributed by atoms with E-state index in [1.165, 1.54) is 24.0 Å². The summed E-state index contributed by atoms with van der Waals surface area (Å²) >= 11 is 0. The summed E-state index contributed by atoms with van der Waals surface area (Å²) in [5.41, 5.74) is 3.01. The lowest BCUT2D eigenvalue weighted by molar-refractivity contribution is 0.453. The second-order valence-electron chi connectivity index (χ2n) is 5.26. The van der Waals surface area contributed by atoms with Gasteiger partial charge in [0.15, 0.2) is 0 Å². The summed E-state index contributed by atoms with van der Waals surface area (Å²) in [7, 11) is -0.693. The maximum atomic E-state index is 11.3. The fourth-order valence-electron chi connectivity index (χ4n) is 2.53. The van der Waals surface area contributed by atoms with Gasteiger partial charge in [-0.3, -0.25) is 4.21 Å². The molecule has 0 aliphatic heterocycles. The number of nitrogens with one attached hydrogen (secondary N) is 1. The van der Waals surface area contributed by atoms with E-state index in [1.54, 1.807) is 6.26 Å². The van der Waals surface area contributed by atoms with E-state index in [9.17, 15) is 4.21 Å². The van der Waals surface area contributed by atoms with Gasteiger partial charge in [-0.1, -0.05) is 31.2 Å². The number of rotatable bonds is 5. The van der Waals surface area contributed by atoms with Gasteiger partial charge in [-0.25, -0.2) is 0 Å². The molecule has 1 N–H and O–H groups in total. The van der Waals surface area contributed by atoms with E-state index in [2.05, 4.69) is 36.5 Å². The average Bonchev–Trinajstić information content (AvgIpc) is 2.38.